The molecule has 0 atom stereocenters. The van der Waals surface area contributed by atoms with Crippen LogP contribution in [-0.4, -0.2) is 33.2 Å². The molecular formula is C17H19FN2O2. The molecule has 0 bridgehead atoms. The van der Waals surface area contributed by atoms with Crippen LogP contribution < -0.4 is 0 Å². The number of piperidine rings is 1. The fraction of sp³-hybridized carbons (Fsp3) is 0.353. The number of hydrogen-bond acceptors (Lipinski definition) is 4. The zero-order chi connectivity index (χ0) is 15.6. The number of pyridine rings is 1. The summed E-state index contributed by atoms with van der Waals surface area (Å²) < 4.78 is 13.8. The van der Waals surface area contributed by atoms with Gasteiger partial charge in [-0.25, -0.2) is 4.98 Å². The third-order valence-electron chi connectivity index (χ3n) is 4.29. The first kappa shape index (κ1) is 14.9. The number of benzene rings is 1. The molecule has 0 saturated carbocycles. The van der Waals surface area contributed by atoms with Gasteiger partial charge >= 0.3 is 0 Å². The van der Waals surface area contributed by atoms with Crippen molar-refractivity contribution in [3.05, 3.63) is 59.7 Å². The molecule has 0 aliphatic carbocycles. The molecule has 0 radical (unpaired) electrons. The molecule has 0 amide bonds. The van der Waals surface area contributed by atoms with Gasteiger partial charge in [-0.1, -0.05) is 18.2 Å². The minimum atomic E-state index is -1.14. The molecule has 22 heavy (non-hydrogen) atoms. The Hall–Kier alpha value is -1.98. The molecular weight excluding hydrogens is 283 g/mol. The van der Waals surface area contributed by atoms with E-state index in [1.165, 1.54) is 6.20 Å². The fourth-order valence-corrected chi connectivity index (χ4v) is 2.94. The number of phenolic OH excluding ortho intramolecular Hbond substituents is 1. The number of halogens is 1. The Balaban J connectivity index is 1.65. The van der Waals surface area contributed by atoms with Crippen LogP contribution in [0.25, 0.3) is 0 Å². The Bertz CT molecular complexity index is 637. The second-order valence-corrected chi connectivity index (χ2v) is 5.82. The summed E-state index contributed by atoms with van der Waals surface area (Å²) in [4.78, 5) is 5.85. The van der Waals surface area contributed by atoms with E-state index in [-0.39, 0.29) is 5.75 Å². The monoisotopic (exact) mass is 302 g/mol. The molecule has 1 fully saturated rings. The van der Waals surface area contributed by atoms with Gasteiger partial charge in [0.1, 0.15) is 5.75 Å². The Morgan fingerprint density at radius 1 is 1.14 bits per heavy atom. The highest BCUT2D eigenvalue weighted by molar-refractivity contribution is 5.26. The van der Waals surface area contributed by atoms with Gasteiger partial charge in [-0.05, 0) is 36.6 Å². The standard InChI is InChI=1S/C17H19FN2O2/c18-16-15(2-1-9-19-16)17(22)7-10-20(11-8-17)12-13-3-5-14(21)6-4-13/h1-6,9,21-22H,7-8,10-12H2. The fourth-order valence-electron chi connectivity index (χ4n) is 2.94. The van der Waals surface area contributed by atoms with Crippen molar-refractivity contribution in [1.29, 1.82) is 0 Å². The second kappa shape index (κ2) is 6.02. The zero-order valence-electron chi connectivity index (χ0n) is 12.2. The number of aromatic nitrogens is 1. The smallest absolute Gasteiger partial charge is 0.218 e. The minimum absolute atomic E-state index is 0.254. The number of nitrogens with zero attached hydrogens (tertiary/aromatic N) is 2. The summed E-state index contributed by atoms with van der Waals surface area (Å²) in [5.41, 5.74) is 0.263. The largest absolute Gasteiger partial charge is 0.508 e. The lowest BCUT2D eigenvalue weighted by molar-refractivity contribution is -0.0308. The van der Waals surface area contributed by atoms with Crippen LogP contribution >= 0.6 is 0 Å². The van der Waals surface area contributed by atoms with Crippen LogP contribution in [0.5, 0.6) is 5.75 Å². The van der Waals surface area contributed by atoms with E-state index in [0.717, 1.165) is 12.1 Å². The van der Waals surface area contributed by atoms with Crippen molar-refractivity contribution in [3.63, 3.8) is 0 Å². The van der Waals surface area contributed by atoms with E-state index in [2.05, 4.69) is 9.88 Å². The summed E-state index contributed by atoms with van der Waals surface area (Å²) in [7, 11) is 0. The molecule has 1 aromatic carbocycles. The molecule has 116 valence electrons. The highest BCUT2D eigenvalue weighted by Gasteiger charge is 2.36. The van der Waals surface area contributed by atoms with E-state index in [9.17, 15) is 14.6 Å². The highest BCUT2D eigenvalue weighted by atomic mass is 19.1. The number of rotatable bonds is 3. The van der Waals surface area contributed by atoms with E-state index >= 15 is 0 Å². The molecule has 1 aliphatic rings. The van der Waals surface area contributed by atoms with Gasteiger partial charge in [0.2, 0.25) is 5.95 Å². The lowest BCUT2D eigenvalue weighted by atomic mass is 9.85. The Morgan fingerprint density at radius 2 is 1.82 bits per heavy atom. The third-order valence-corrected chi connectivity index (χ3v) is 4.29. The number of phenols is 1. The molecule has 0 spiro atoms. The topological polar surface area (TPSA) is 56.6 Å². The van der Waals surface area contributed by atoms with Gasteiger partial charge in [-0.15, -0.1) is 0 Å². The maximum atomic E-state index is 13.8. The summed E-state index contributed by atoms with van der Waals surface area (Å²) >= 11 is 0. The normalized spacial score (nSPS) is 18.3. The predicted molar refractivity (Wildman–Crippen MR) is 80.7 cm³/mol. The van der Waals surface area contributed by atoms with E-state index in [4.69, 9.17) is 0 Å². The first-order valence-electron chi connectivity index (χ1n) is 7.40. The van der Waals surface area contributed by atoms with Crippen LogP contribution in [0.4, 0.5) is 4.39 Å². The minimum Gasteiger partial charge on any atom is -0.508 e. The zero-order valence-corrected chi connectivity index (χ0v) is 12.2. The van der Waals surface area contributed by atoms with Crippen LogP contribution in [0.3, 0.4) is 0 Å². The quantitative estimate of drug-likeness (QED) is 0.855. The van der Waals surface area contributed by atoms with Gasteiger partial charge in [-0.2, -0.15) is 4.39 Å². The van der Waals surface area contributed by atoms with E-state index < -0.39 is 11.5 Å². The Labute approximate surface area is 128 Å². The molecule has 2 aromatic rings. The Kier molecular flexibility index (Phi) is 4.09. The number of hydrogen-bond donors (Lipinski definition) is 2. The predicted octanol–water partition coefficient (Wildman–Crippen LogP) is 2.41. The van der Waals surface area contributed by atoms with Crippen molar-refractivity contribution in [3.8, 4) is 5.75 Å². The Morgan fingerprint density at radius 3 is 2.45 bits per heavy atom. The van der Waals surface area contributed by atoms with Gasteiger partial charge in [0.05, 0.1) is 5.60 Å². The van der Waals surface area contributed by atoms with E-state index in [1.807, 2.05) is 12.1 Å². The number of aliphatic hydroxyl groups is 1. The molecule has 1 aromatic heterocycles. The van der Waals surface area contributed by atoms with Crippen molar-refractivity contribution < 1.29 is 14.6 Å². The molecule has 4 nitrogen and oxygen atoms in total. The van der Waals surface area contributed by atoms with E-state index in [0.29, 0.717) is 31.5 Å². The summed E-state index contributed by atoms with van der Waals surface area (Å²) in [6.07, 6.45) is 2.35. The van der Waals surface area contributed by atoms with Crippen molar-refractivity contribution in [2.45, 2.75) is 25.0 Å². The van der Waals surface area contributed by atoms with Crippen LogP contribution in [0.2, 0.25) is 0 Å². The SMILES string of the molecule is Oc1ccc(CN2CCC(O)(c3cccnc3F)CC2)cc1. The summed E-state index contributed by atoms with van der Waals surface area (Å²) in [6, 6.07) is 10.4. The van der Waals surface area contributed by atoms with Crippen molar-refractivity contribution in [2.24, 2.45) is 0 Å². The molecule has 2 heterocycles. The van der Waals surface area contributed by atoms with Gasteiger partial charge in [0.15, 0.2) is 0 Å². The highest BCUT2D eigenvalue weighted by Crippen LogP contribution is 2.34. The molecule has 1 saturated heterocycles. The van der Waals surface area contributed by atoms with Crippen molar-refractivity contribution in [2.75, 3.05) is 13.1 Å². The molecule has 0 unspecified atom stereocenters. The van der Waals surface area contributed by atoms with Crippen LogP contribution in [0, 0.1) is 5.95 Å². The van der Waals surface area contributed by atoms with Crippen molar-refractivity contribution in [1.82, 2.24) is 9.88 Å². The second-order valence-electron chi connectivity index (χ2n) is 5.82. The van der Waals surface area contributed by atoms with Crippen LogP contribution in [0.15, 0.2) is 42.6 Å². The maximum absolute atomic E-state index is 13.8. The molecule has 2 N–H and O–H groups in total. The summed E-state index contributed by atoms with van der Waals surface area (Å²) in [5, 5.41) is 20.0. The lowest BCUT2D eigenvalue weighted by Crippen LogP contribution is -2.42. The molecule has 3 rings (SSSR count). The summed E-state index contributed by atoms with van der Waals surface area (Å²) in [5.74, 6) is -0.333. The third kappa shape index (κ3) is 3.10. The van der Waals surface area contributed by atoms with Crippen molar-refractivity contribution >= 4 is 0 Å². The first-order chi connectivity index (χ1) is 10.6. The lowest BCUT2D eigenvalue weighted by Gasteiger charge is -2.38. The van der Waals surface area contributed by atoms with Gasteiger partial charge in [0.25, 0.3) is 0 Å². The average molecular weight is 302 g/mol. The maximum Gasteiger partial charge on any atom is 0.218 e. The van der Waals surface area contributed by atoms with Gasteiger partial charge < -0.3 is 10.2 Å². The number of aromatic hydroxyl groups is 1. The first-order valence-corrected chi connectivity index (χ1v) is 7.40. The number of likely N-dealkylation sites (tertiary alicyclic amines) is 1. The summed E-state index contributed by atoms with van der Waals surface area (Å²) in [6.45, 7) is 2.13. The molecule has 5 heteroatoms. The van der Waals surface area contributed by atoms with E-state index in [1.54, 1.807) is 24.3 Å². The van der Waals surface area contributed by atoms with Crippen LogP contribution in [-0.2, 0) is 12.1 Å². The van der Waals surface area contributed by atoms with Gasteiger partial charge in [0, 0.05) is 31.4 Å². The van der Waals surface area contributed by atoms with Crippen LogP contribution in [0.1, 0.15) is 24.0 Å². The van der Waals surface area contributed by atoms with Gasteiger partial charge in [-0.3, -0.25) is 4.90 Å². The molecule has 1 aliphatic heterocycles. The average Bonchev–Trinajstić information content (AvgIpc) is 2.52.